The Balaban J connectivity index is 2.16. The van der Waals surface area contributed by atoms with Gasteiger partial charge in [0.15, 0.2) is 0 Å². The van der Waals surface area contributed by atoms with E-state index in [1.165, 1.54) is 0 Å². The van der Waals surface area contributed by atoms with Gasteiger partial charge in [-0.15, -0.1) is 0 Å². The predicted molar refractivity (Wildman–Crippen MR) is 67.3 cm³/mol. The van der Waals surface area contributed by atoms with E-state index >= 15 is 0 Å². The number of aliphatic carboxylic acids is 1. The van der Waals surface area contributed by atoms with Gasteiger partial charge in [0.2, 0.25) is 0 Å². The molecule has 118 valence electrons. The lowest BCUT2D eigenvalue weighted by Gasteiger charge is -2.15. The van der Waals surface area contributed by atoms with E-state index in [2.05, 4.69) is 4.84 Å². The maximum absolute atomic E-state index is 11.5. The molecule has 0 saturated carbocycles. The first-order valence-corrected chi connectivity index (χ1v) is 6.99. The molecule has 0 aromatic heterocycles. The fourth-order valence-corrected chi connectivity index (χ4v) is 2.03. The lowest BCUT2D eigenvalue weighted by molar-refractivity contribution is -1.12. The molecular formula is C13H20NO7+. The SMILES string of the molecule is O=C(O)CCCCCCCC(=O)O[N+]1(O)C(=O)CCC1=O. The summed E-state index contributed by atoms with van der Waals surface area (Å²) < 4.78 is 0. The second-order valence-electron chi connectivity index (χ2n) is 4.99. The lowest BCUT2D eigenvalue weighted by atomic mass is 10.1. The van der Waals surface area contributed by atoms with E-state index in [-0.39, 0.29) is 25.7 Å². The van der Waals surface area contributed by atoms with Crippen LogP contribution in [0.1, 0.15) is 57.8 Å². The summed E-state index contributed by atoms with van der Waals surface area (Å²) >= 11 is 0. The van der Waals surface area contributed by atoms with Crippen molar-refractivity contribution in [1.82, 2.24) is 0 Å². The summed E-state index contributed by atoms with van der Waals surface area (Å²) in [6.07, 6.45) is 3.22. The quantitative estimate of drug-likeness (QED) is 0.285. The van der Waals surface area contributed by atoms with Gasteiger partial charge in [0.1, 0.15) is 4.81 Å². The van der Waals surface area contributed by atoms with E-state index in [0.29, 0.717) is 19.3 Å². The number of hydrogen-bond donors (Lipinski definition) is 2. The molecule has 0 atom stereocenters. The number of carboxylic acid groups (broad SMARTS) is 1. The minimum atomic E-state index is -1.86. The minimum absolute atomic E-state index is 0.0000502. The highest BCUT2D eigenvalue weighted by atomic mass is 17.0. The van der Waals surface area contributed by atoms with E-state index in [9.17, 15) is 24.4 Å². The van der Waals surface area contributed by atoms with Crippen molar-refractivity contribution in [3.63, 3.8) is 0 Å². The number of rotatable bonds is 9. The Hall–Kier alpha value is -1.80. The summed E-state index contributed by atoms with van der Waals surface area (Å²) in [7, 11) is 0. The maximum atomic E-state index is 11.5. The topological polar surface area (TPSA) is 118 Å². The molecule has 1 aliphatic heterocycles. The second kappa shape index (κ2) is 7.84. The third kappa shape index (κ3) is 5.24. The average Bonchev–Trinajstić information content (AvgIpc) is 2.65. The molecule has 0 bridgehead atoms. The number of imide groups is 1. The molecule has 0 radical (unpaired) electrons. The van der Waals surface area contributed by atoms with Crippen LogP contribution in [-0.4, -0.2) is 38.9 Å². The van der Waals surface area contributed by atoms with Crippen LogP contribution in [0.4, 0.5) is 0 Å². The van der Waals surface area contributed by atoms with Crippen LogP contribution in [-0.2, 0) is 24.0 Å². The molecule has 1 aliphatic rings. The van der Waals surface area contributed by atoms with Gasteiger partial charge in [0.05, 0.1) is 19.3 Å². The van der Waals surface area contributed by atoms with Crippen molar-refractivity contribution in [1.29, 1.82) is 0 Å². The standard InChI is InChI=1S/C13H19NO7/c15-10-8-9-11(16)14(10,20)21-13(19)7-5-3-1-2-4-6-12(17)18/h20H,1-9H2/p+1. The van der Waals surface area contributed by atoms with Crippen LogP contribution in [0, 0.1) is 0 Å². The molecule has 0 aliphatic carbocycles. The fourth-order valence-electron chi connectivity index (χ4n) is 2.03. The third-order valence-electron chi connectivity index (χ3n) is 3.23. The van der Waals surface area contributed by atoms with Crippen LogP contribution >= 0.6 is 0 Å². The van der Waals surface area contributed by atoms with Crippen molar-refractivity contribution < 1.29 is 39.1 Å². The Morgan fingerprint density at radius 1 is 0.952 bits per heavy atom. The Labute approximate surface area is 121 Å². The van der Waals surface area contributed by atoms with Crippen LogP contribution in [0.5, 0.6) is 0 Å². The van der Waals surface area contributed by atoms with Crippen LogP contribution in [0.3, 0.4) is 0 Å². The zero-order chi connectivity index (χ0) is 15.9. The molecule has 8 heteroatoms. The lowest BCUT2D eigenvalue weighted by Crippen LogP contribution is -2.50. The number of carboxylic acids is 1. The van der Waals surface area contributed by atoms with Gasteiger partial charge in [-0.2, -0.15) is 5.21 Å². The van der Waals surface area contributed by atoms with E-state index in [0.717, 1.165) is 12.8 Å². The van der Waals surface area contributed by atoms with Crippen molar-refractivity contribution in [3.05, 3.63) is 0 Å². The first-order valence-electron chi connectivity index (χ1n) is 6.99. The zero-order valence-electron chi connectivity index (χ0n) is 11.7. The Kier molecular flexibility index (Phi) is 6.44. The molecule has 1 fully saturated rings. The number of amides is 2. The largest absolute Gasteiger partial charge is 0.481 e. The number of hydroxylamine groups is 4. The third-order valence-corrected chi connectivity index (χ3v) is 3.23. The van der Waals surface area contributed by atoms with Crippen LogP contribution in [0.2, 0.25) is 0 Å². The first-order chi connectivity index (χ1) is 9.86. The maximum Gasteiger partial charge on any atom is 0.397 e. The molecule has 1 saturated heterocycles. The molecule has 0 unspecified atom stereocenters. The van der Waals surface area contributed by atoms with Gasteiger partial charge >= 0.3 is 23.8 Å². The van der Waals surface area contributed by atoms with E-state index < -0.39 is 28.6 Å². The van der Waals surface area contributed by atoms with Crippen LogP contribution in [0.25, 0.3) is 0 Å². The molecule has 1 rings (SSSR count). The highest BCUT2D eigenvalue weighted by Gasteiger charge is 2.55. The fraction of sp³-hybridized carbons (Fsp3) is 0.692. The molecule has 0 aromatic rings. The number of nitrogens with zero attached hydrogens (tertiary/aromatic N) is 1. The first kappa shape index (κ1) is 17.3. The minimum Gasteiger partial charge on any atom is -0.481 e. The number of carbonyl (C=O) groups is 4. The summed E-state index contributed by atoms with van der Waals surface area (Å²) in [4.78, 5) is 47.1. The Bertz CT molecular complexity index is 416. The van der Waals surface area contributed by atoms with Crippen LogP contribution < -0.4 is 0 Å². The summed E-state index contributed by atoms with van der Waals surface area (Å²) in [6, 6.07) is 0. The molecule has 0 spiro atoms. The van der Waals surface area contributed by atoms with Crippen molar-refractivity contribution in [2.75, 3.05) is 0 Å². The zero-order valence-corrected chi connectivity index (χ0v) is 11.7. The molecule has 0 aromatic carbocycles. The van der Waals surface area contributed by atoms with Gasteiger partial charge in [0, 0.05) is 6.42 Å². The normalized spacial score (nSPS) is 17.0. The average molecular weight is 302 g/mol. The second-order valence-corrected chi connectivity index (χ2v) is 4.99. The monoisotopic (exact) mass is 302 g/mol. The highest BCUT2D eigenvalue weighted by Crippen LogP contribution is 2.21. The summed E-state index contributed by atoms with van der Waals surface area (Å²) in [5, 5.41) is 18.1. The van der Waals surface area contributed by atoms with Gasteiger partial charge in [-0.05, 0) is 12.8 Å². The van der Waals surface area contributed by atoms with Gasteiger partial charge in [-0.25, -0.2) is 19.2 Å². The summed E-state index contributed by atoms with van der Waals surface area (Å²) in [5.74, 6) is -3.29. The van der Waals surface area contributed by atoms with Crippen molar-refractivity contribution in [3.8, 4) is 0 Å². The van der Waals surface area contributed by atoms with Crippen molar-refractivity contribution in [2.24, 2.45) is 0 Å². The number of unbranched alkanes of at least 4 members (excludes halogenated alkanes) is 4. The number of hydrogen-bond acceptors (Lipinski definition) is 6. The summed E-state index contributed by atoms with van der Waals surface area (Å²) in [5.41, 5.74) is 0. The number of quaternary nitrogens is 1. The molecule has 21 heavy (non-hydrogen) atoms. The van der Waals surface area contributed by atoms with Crippen molar-refractivity contribution in [2.45, 2.75) is 57.8 Å². The summed E-state index contributed by atoms with van der Waals surface area (Å²) in [6.45, 7) is 0. The molecular weight excluding hydrogens is 282 g/mol. The van der Waals surface area contributed by atoms with E-state index in [1.807, 2.05) is 0 Å². The van der Waals surface area contributed by atoms with E-state index in [1.54, 1.807) is 0 Å². The highest BCUT2D eigenvalue weighted by molar-refractivity contribution is 5.91. The molecule has 1 heterocycles. The molecule has 2 amide bonds. The van der Waals surface area contributed by atoms with Crippen LogP contribution in [0.15, 0.2) is 0 Å². The van der Waals surface area contributed by atoms with Crippen molar-refractivity contribution >= 4 is 23.8 Å². The van der Waals surface area contributed by atoms with Gasteiger partial charge in [-0.1, -0.05) is 19.3 Å². The Morgan fingerprint density at radius 3 is 1.95 bits per heavy atom. The number of carbonyl (C=O) groups excluding carboxylic acids is 3. The van der Waals surface area contributed by atoms with Gasteiger partial charge in [0.25, 0.3) is 0 Å². The Morgan fingerprint density at radius 2 is 1.43 bits per heavy atom. The van der Waals surface area contributed by atoms with E-state index in [4.69, 9.17) is 5.11 Å². The molecule has 2 N–H and O–H groups in total. The molecule has 8 nitrogen and oxygen atoms in total. The van der Waals surface area contributed by atoms with Gasteiger partial charge in [-0.3, -0.25) is 4.79 Å². The predicted octanol–water partition coefficient (Wildman–Crippen LogP) is 1.31. The smallest absolute Gasteiger partial charge is 0.397 e. The van der Waals surface area contributed by atoms with Gasteiger partial charge < -0.3 is 5.11 Å².